The molecule has 0 bridgehead atoms. The van der Waals surface area contributed by atoms with Crippen LogP contribution < -0.4 is 4.90 Å². The van der Waals surface area contributed by atoms with E-state index in [4.69, 9.17) is 4.74 Å². The Labute approximate surface area is 155 Å². The van der Waals surface area contributed by atoms with E-state index in [0.29, 0.717) is 25.9 Å². The van der Waals surface area contributed by atoms with Crippen LogP contribution in [-0.2, 0) is 10.2 Å². The van der Waals surface area contributed by atoms with Crippen molar-refractivity contribution in [2.45, 2.75) is 50.0 Å². The van der Waals surface area contributed by atoms with Crippen LogP contribution in [0.25, 0.3) is 0 Å². The fraction of sp³-hybridized carbons (Fsp3) is 0.667. The number of anilines is 1. The number of aliphatic hydroxyl groups is 1. The minimum Gasteiger partial charge on any atom is -0.393 e. The number of amides is 1. The predicted octanol–water partition coefficient (Wildman–Crippen LogP) is 2.56. The maximum absolute atomic E-state index is 13.0. The lowest BCUT2D eigenvalue weighted by atomic mass is 9.80. The second kappa shape index (κ2) is 7.20. The summed E-state index contributed by atoms with van der Waals surface area (Å²) in [5.74, 6) is 0.114. The van der Waals surface area contributed by atoms with Gasteiger partial charge in [0.1, 0.15) is 0 Å². The number of hydrogen-bond donors (Lipinski definition) is 1. The molecule has 5 nitrogen and oxygen atoms in total. The zero-order chi connectivity index (χ0) is 18.1. The van der Waals surface area contributed by atoms with Crippen LogP contribution in [0.2, 0.25) is 0 Å². The van der Waals surface area contributed by atoms with E-state index in [9.17, 15) is 9.90 Å². The monoisotopic (exact) mass is 358 g/mol. The van der Waals surface area contributed by atoms with Gasteiger partial charge in [0.2, 0.25) is 0 Å². The first kappa shape index (κ1) is 17.8. The predicted molar refractivity (Wildman–Crippen MR) is 102 cm³/mol. The van der Waals surface area contributed by atoms with Crippen molar-refractivity contribution in [3.8, 4) is 0 Å². The average Bonchev–Trinajstić information content (AvgIpc) is 3.26. The second-order valence-corrected chi connectivity index (χ2v) is 8.16. The van der Waals surface area contributed by atoms with Gasteiger partial charge in [-0.25, -0.2) is 0 Å². The maximum atomic E-state index is 13.0. The largest absolute Gasteiger partial charge is 0.393 e. The van der Waals surface area contributed by atoms with Gasteiger partial charge in [0.15, 0.2) is 0 Å². The van der Waals surface area contributed by atoms with Gasteiger partial charge in [-0.1, -0.05) is 12.8 Å². The molecule has 3 aliphatic rings. The van der Waals surface area contributed by atoms with Gasteiger partial charge in [0, 0.05) is 50.0 Å². The first-order valence-electron chi connectivity index (χ1n) is 9.99. The van der Waals surface area contributed by atoms with E-state index in [2.05, 4.69) is 17.0 Å². The van der Waals surface area contributed by atoms with E-state index in [1.165, 1.54) is 36.9 Å². The number of fused-ring (bicyclic) bond motifs is 2. The van der Waals surface area contributed by atoms with Crippen molar-refractivity contribution in [1.29, 1.82) is 0 Å². The van der Waals surface area contributed by atoms with Crippen molar-refractivity contribution in [3.63, 3.8) is 0 Å². The van der Waals surface area contributed by atoms with Crippen molar-refractivity contribution in [1.82, 2.24) is 4.90 Å². The molecule has 0 aromatic heterocycles. The van der Waals surface area contributed by atoms with Gasteiger partial charge in [-0.3, -0.25) is 4.79 Å². The molecule has 1 aromatic carbocycles. The molecule has 2 aliphatic heterocycles. The molecule has 0 radical (unpaired) electrons. The van der Waals surface area contributed by atoms with Crippen molar-refractivity contribution in [3.05, 3.63) is 29.3 Å². The molecule has 1 N–H and O–H groups in total. The number of hydrogen-bond acceptors (Lipinski definition) is 4. The molecule has 0 atom stereocenters. The minimum absolute atomic E-state index is 0.114. The standard InChI is InChI=1S/C21H30N2O3/c1-26-13-12-23-15-21(8-2-3-9-21)18-14-16(4-5-19(18)23)20(25)22-10-6-17(24)7-11-22/h4-5,14,17,24H,2-3,6-13,15H2,1H3. The van der Waals surface area contributed by atoms with Gasteiger partial charge >= 0.3 is 0 Å². The number of nitrogens with zero attached hydrogens (tertiary/aromatic N) is 2. The van der Waals surface area contributed by atoms with Crippen LogP contribution in [0.1, 0.15) is 54.4 Å². The quantitative estimate of drug-likeness (QED) is 0.899. The molecule has 2 fully saturated rings. The zero-order valence-corrected chi connectivity index (χ0v) is 15.7. The zero-order valence-electron chi connectivity index (χ0n) is 15.7. The maximum Gasteiger partial charge on any atom is 0.253 e. The smallest absolute Gasteiger partial charge is 0.253 e. The lowest BCUT2D eigenvalue weighted by Gasteiger charge is -2.30. The average molecular weight is 358 g/mol. The molecule has 1 aromatic rings. The topological polar surface area (TPSA) is 53.0 Å². The van der Waals surface area contributed by atoms with Crippen LogP contribution in [0.15, 0.2) is 18.2 Å². The third-order valence-corrected chi connectivity index (χ3v) is 6.53. The van der Waals surface area contributed by atoms with E-state index >= 15 is 0 Å². The summed E-state index contributed by atoms with van der Waals surface area (Å²) in [6, 6.07) is 6.30. The summed E-state index contributed by atoms with van der Waals surface area (Å²) in [6.45, 7) is 4.00. The summed E-state index contributed by atoms with van der Waals surface area (Å²) >= 11 is 0. The van der Waals surface area contributed by atoms with E-state index < -0.39 is 0 Å². The highest BCUT2D eigenvalue weighted by Crippen LogP contribution is 2.50. The Morgan fingerprint density at radius 2 is 2.00 bits per heavy atom. The van der Waals surface area contributed by atoms with Crippen LogP contribution >= 0.6 is 0 Å². The molecule has 2 heterocycles. The van der Waals surface area contributed by atoms with Crippen molar-refractivity contribution >= 4 is 11.6 Å². The molecule has 4 rings (SSSR count). The molecule has 5 heteroatoms. The number of carbonyl (C=O) groups excluding carboxylic acids is 1. The van der Waals surface area contributed by atoms with E-state index in [1.807, 2.05) is 11.0 Å². The highest BCUT2D eigenvalue weighted by molar-refractivity contribution is 5.95. The summed E-state index contributed by atoms with van der Waals surface area (Å²) in [5.41, 5.74) is 3.68. The third kappa shape index (κ3) is 3.12. The Hall–Kier alpha value is -1.59. The van der Waals surface area contributed by atoms with Crippen LogP contribution in [0.5, 0.6) is 0 Å². The number of carbonyl (C=O) groups is 1. The van der Waals surface area contributed by atoms with Gasteiger partial charge in [0.25, 0.3) is 5.91 Å². The summed E-state index contributed by atoms with van der Waals surface area (Å²) in [7, 11) is 1.75. The normalized spacial score (nSPS) is 22.2. The third-order valence-electron chi connectivity index (χ3n) is 6.53. The van der Waals surface area contributed by atoms with Crippen LogP contribution in [-0.4, -0.2) is 61.9 Å². The van der Waals surface area contributed by atoms with Gasteiger partial charge in [-0.15, -0.1) is 0 Å². The fourth-order valence-corrected chi connectivity index (χ4v) is 5.04. The number of likely N-dealkylation sites (tertiary alicyclic amines) is 1. The highest BCUT2D eigenvalue weighted by Gasteiger charge is 2.44. The first-order valence-corrected chi connectivity index (χ1v) is 9.99. The Morgan fingerprint density at radius 3 is 2.69 bits per heavy atom. The van der Waals surface area contributed by atoms with Crippen LogP contribution in [0.4, 0.5) is 5.69 Å². The highest BCUT2D eigenvalue weighted by atomic mass is 16.5. The molecule has 1 spiro atoms. The van der Waals surface area contributed by atoms with Crippen molar-refractivity contribution in [2.75, 3.05) is 44.8 Å². The van der Waals surface area contributed by atoms with E-state index in [-0.39, 0.29) is 17.4 Å². The fourth-order valence-electron chi connectivity index (χ4n) is 5.04. The van der Waals surface area contributed by atoms with Crippen molar-refractivity contribution in [2.24, 2.45) is 0 Å². The van der Waals surface area contributed by atoms with Gasteiger partial charge in [-0.2, -0.15) is 0 Å². The lowest BCUT2D eigenvalue weighted by Crippen LogP contribution is -2.40. The van der Waals surface area contributed by atoms with Crippen molar-refractivity contribution < 1.29 is 14.6 Å². The molecule has 1 saturated carbocycles. The molecular weight excluding hydrogens is 328 g/mol. The summed E-state index contributed by atoms with van der Waals surface area (Å²) in [5, 5.41) is 9.69. The Balaban J connectivity index is 1.61. The van der Waals surface area contributed by atoms with Gasteiger partial charge in [-0.05, 0) is 49.4 Å². The molecular formula is C21H30N2O3. The first-order chi connectivity index (χ1) is 12.6. The van der Waals surface area contributed by atoms with E-state index in [0.717, 1.165) is 25.3 Å². The molecule has 0 unspecified atom stereocenters. The molecule has 142 valence electrons. The summed E-state index contributed by atoms with van der Waals surface area (Å²) in [4.78, 5) is 17.3. The number of ether oxygens (including phenoxy) is 1. The lowest BCUT2D eigenvalue weighted by molar-refractivity contribution is 0.0546. The Kier molecular flexibility index (Phi) is 4.93. The van der Waals surface area contributed by atoms with E-state index in [1.54, 1.807) is 7.11 Å². The van der Waals surface area contributed by atoms with Gasteiger partial charge < -0.3 is 19.6 Å². The minimum atomic E-state index is -0.254. The number of methoxy groups -OCH3 is 1. The number of aliphatic hydroxyl groups excluding tert-OH is 1. The van der Waals surface area contributed by atoms with Gasteiger partial charge in [0.05, 0.1) is 12.7 Å². The molecule has 1 saturated heterocycles. The molecule has 1 amide bonds. The number of rotatable bonds is 4. The molecule has 26 heavy (non-hydrogen) atoms. The van der Waals surface area contributed by atoms with Crippen LogP contribution in [0.3, 0.4) is 0 Å². The Morgan fingerprint density at radius 1 is 1.27 bits per heavy atom. The Bertz CT molecular complexity index is 661. The second-order valence-electron chi connectivity index (χ2n) is 8.16. The number of benzene rings is 1. The SMILES string of the molecule is COCCN1CC2(CCCC2)c2cc(C(=O)N3CCC(O)CC3)ccc21. The summed E-state index contributed by atoms with van der Waals surface area (Å²) in [6.07, 6.45) is 6.11. The van der Waals surface area contributed by atoms with Crippen LogP contribution in [0, 0.1) is 0 Å². The molecule has 1 aliphatic carbocycles. The number of piperidine rings is 1. The summed E-state index contributed by atoms with van der Waals surface area (Å²) < 4.78 is 5.30.